The van der Waals surface area contributed by atoms with Gasteiger partial charge in [-0.2, -0.15) is 0 Å². The van der Waals surface area contributed by atoms with E-state index in [1.54, 1.807) is 0 Å². The van der Waals surface area contributed by atoms with Gasteiger partial charge in [0.15, 0.2) is 0 Å². The van der Waals surface area contributed by atoms with E-state index < -0.39 is 5.97 Å². The fourth-order valence-corrected chi connectivity index (χ4v) is 7.26. The summed E-state index contributed by atoms with van der Waals surface area (Å²) in [5.41, 5.74) is 0. The van der Waals surface area contributed by atoms with Gasteiger partial charge in [-0.1, -0.05) is 187 Å². The van der Waals surface area contributed by atoms with Crippen molar-refractivity contribution in [2.24, 2.45) is 5.92 Å². The van der Waals surface area contributed by atoms with Gasteiger partial charge >= 0.3 is 5.97 Å². The van der Waals surface area contributed by atoms with E-state index in [-0.39, 0.29) is 18.3 Å². The highest BCUT2D eigenvalue weighted by atomic mass is 16.5. The molecule has 0 saturated heterocycles. The second-order valence-corrected chi connectivity index (χ2v) is 17.1. The molecule has 6 heteroatoms. The number of likely N-dealkylation sites (N-methyl/N-ethyl adjacent to an activating group) is 1. The first-order valence-corrected chi connectivity index (χ1v) is 23.3. The Labute approximate surface area is 331 Å². The highest BCUT2D eigenvalue weighted by molar-refractivity contribution is 5.72. The summed E-state index contributed by atoms with van der Waals surface area (Å²) in [5.74, 6) is -1.33. The number of hydrogen-bond acceptors (Lipinski definition) is 5. The van der Waals surface area contributed by atoms with E-state index in [0.29, 0.717) is 24.2 Å². The van der Waals surface area contributed by atoms with Crippen LogP contribution in [0.5, 0.6) is 0 Å². The molecule has 6 nitrogen and oxygen atoms in total. The van der Waals surface area contributed by atoms with Crippen molar-refractivity contribution in [1.29, 1.82) is 0 Å². The zero-order valence-corrected chi connectivity index (χ0v) is 36.4. The molecule has 53 heavy (non-hydrogen) atoms. The molecule has 0 spiro atoms. The third kappa shape index (κ3) is 38.7. The summed E-state index contributed by atoms with van der Waals surface area (Å²) in [6.07, 6.45) is 45.4. The maximum absolute atomic E-state index is 12.9. The van der Waals surface area contributed by atoms with Crippen molar-refractivity contribution < 1.29 is 23.9 Å². The van der Waals surface area contributed by atoms with Gasteiger partial charge in [-0.25, -0.2) is 0 Å². The number of carboxylic acid groups (broad SMARTS) is 1. The van der Waals surface area contributed by atoms with E-state index in [0.717, 1.165) is 19.6 Å². The molecular weight excluding hydrogens is 657 g/mol. The monoisotopic (exact) mass is 749 g/mol. The highest BCUT2D eigenvalue weighted by Crippen LogP contribution is 2.16. The number of carbonyl (C=O) groups excluding carboxylic acids is 2. The Hall–Kier alpha value is -1.40. The molecule has 0 N–H and O–H groups in total. The van der Waals surface area contributed by atoms with Crippen LogP contribution in [0.3, 0.4) is 0 Å². The molecule has 1 unspecified atom stereocenters. The summed E-state index contributed by atoms with van der Waals surface area (Å²) in [6, 6.07) is 0. The molecule has 0 aliphatic carbocycles. The van der Waals surface area contributed by atoms with Gasteiger partial charge in [0.25, 0.3) is 0 Å². The van der Waals surface area contributed by atoms with Crippen LogP contribution in [0.15, 0.2) is 12.2 Å². The SMILES string of the molecule is CCCCCCCC/C=C\CCCCCCCCN(CCCCCCCCCCCCCCCCCC)CC(C)C(=O)OCC[N+](C)(C)CCC(=O)[O-]. The fraction of sp³-hybridized carbons (Fsp3) is 0.915. The van der Waals surface area contributed by atoms with Gasteiger partial charge in [0.2, 0.25) is 0 Å². The predicted molar refractivity (Wildman–Crippen MR) is 227 cm³/mol. The molecule has 0 aromatic rings. The fourth-order valence-electron chi connectivity index (χ4n) is 7.26. The Kier molecular flexibility index (Phi) is 37.8. The Morgan fingerprint density at radius 3 is 1.30 bits per heavy atom. The molecule has 314 valence electrons. The number of esters is 1. The minimum atomic E-state index is -1.03. The minimum Gasteiger partial charge on any atom is -0.550 e. The average Bonchev–Trinajstić information content (AvgIpc) is 3.13. The molecule has 0 aliphatic rings. The smallest absolute Gasteiger partial charge is 0.310 e. The number of ether oxygens (including phenoxy) is 1. The van der Waals surface area contributed by atoms with Crippen LogP contribution in [-0.4, -0.2) is 74.7 Å². The van der Waals surface area contributed by atoms with Crippen molar-refractivity contribution >= 4 is 11.9 Å². The summed E-state index contributed by atoms with van der Waals surface area (Å²) in [6.45, 7) is 10.8. The zero-order chi connectivity index (χ0) is 39.1. The van der Waals surface area contributed by atoms with E-state index in [2.05, 4.69) is 30.9 Å². The van der Waals surface area contributed by atoms with Gasteiger partial charge in [0.1, 0.15) is 13.2 Å². The van der Waals surface area contributed by atoms with E-state index in [4.69, 9.17) is 4.74 Å². The highest BCUT2D eigenvalue weighted by Gasteiger charge is 2.21. The number of allylic oxidation sites excluding steroid dienone is 2. The van der Waals surface area contributed by atoms with Crippen LogP contribution in [0, 0.1) is 5.92 Å². The Morgan fingerprint density at radius 2 is 0.925 bits per heavy atom. The molecule has 0 aromatic heterocycles. The molecule has 0 bridgehead atoms. The molecular formula is C47H92N2O4. The van der Waals surface area contributed by atoms with Gasteiger partial charge in [-0.3, -0.25) is 4.79 Å². The Bertz CT molecular complexity index is 829. The molecule has 0 aromatic carbocycles. The number of nitrogens with zero attached hydrogens (tertiary/aromatic N) is 2. The first-order valence-electron chi connectivity index (χ1n) is 23.3. The number of unbranched alkanes of at least 4 members (excludes halogenated alkanes) is 27. The topological polar surface area (TPSA) is 69.7 Å². The first-order chi connectivity index (χ1) is 25.7. The lowest BCUT2D eigenvalue weighted by Gasteiger charge is -2.30. The van der Waals surface area contributed by atoms with E-state index >= 15 is 0 Å². The lowest BCUT2D eigenvalue weighted by Crippen LogP contribution is -2.45. The molecule has 0 aliphatic heterocycles. The number of rotatable bonds is 42. The van der Waals surface area contributed by atoms with Crippen molar-refractivity contribution in [1.82, 2.24) is 4.90 Å². The van der Waals surface area contributed by atoms with Gasteiger partial charge in [-0.15, -0.1) is 0 Å². The quantitative estimate of drug-likeness (QED) is 0.0269. The minimum absolute atomic E-state index is 0.0162. The van der Waals surface area contributed by atoms with E-state index in [1.807, 2.05) is 21.0 Å². The number of quaternary nitrogens is 1. The molecule has 0 rings (SSSR count). The zero-order valence-electron chi connectivity index (χ0n) is 36.4. The maximum Gasteiger partial charge on any atom is 0.310 e. The van der Waals surface area contributed by atoms with Gasteiger partial charge < -0.3 is 24.0 Å². The van der Waals surface area contributed by atoms with Crippen molar-refractivity contribution in [3.05, 3.63) is 12.2 Å². The van der Waals surface area contributed by atoms with E-state index in [9.17, 15) is 14.7 Å². The second kappa shape index (κ2) is 38.9. The average molecular weight is 749 g/mol. The van der Waals surface area contributed by atoms with Crippen molar-refractivity contribution in [2.45, 2.75) is 220 Å². The van der Waals surface area contributed by atoms with Crippen molar-refractivity contribution in [3.8, 4) is 0 Å². The summed E-state index contributed by atoms with van der Waals surface area (Å²) in [4.78, 5) is 26.3. The number of carboxylic acids is 1. The van der Waals surface area contributed by atoms with Crippen molar-refractivity contribution in [3.63, 3.8) is 0 Å². The summed E-state index contributed by atoms with van der Waals surface area (Å²) < 4.78 is 6.17. The second-order valence-electron chi connectivity index (χ2n) is 17.1. The summed E-state index contributed by atoms with van der Waals surface area (Å²) in [7, 11) is 3.93. The van der Waals surface area contributed by atoms with Crippen LogP contribution in [0.2, 0.25) is 0 Å². The van der Waals surface area contributed by atoms with Gasteiger partial charge in [-0.05, 0) is 51.6 Å². The number of hydrogen-bond donors (Lipinski definition) is 0. The third-order valence-corrected chi connectivity index (χ3v) is 11.1. The molecule has 0 radical (unpaired) electrons. The van der Waals surface area contributed by atoms with Gasteiger partial charge in [0.05, 0.1) is 26.6 Å². The first kappa shape index (κ1) is 51.6. The van der Waals surface area contributed by atoms with Crippen molar-refractivity contribution in [2.75, 3.05) is 53.4 Å². The van der Waals surface area contributed by atoms with Crippen LogP contribution in [0.1, 0.15) is 220 Å². The standard InChI is InChI=1S/C47H92N2O4/c1-6-8-10-12-14-16-18-20-22-24-26-28-30-32-34-36-39-48(44-45(3)47(52)53-43-42-49(4,5)41-38-46(50)51)40-37-35-33-31-29-27-25-23-21-19-17-15-13-11-9-7-2/h20,22,45H,6-19,21,23-44H2,1-5H3/b22-20-. The lowest BCUT2D eigenvalue weighted by atomic mass is 10.0. The molecule has 0 fully saturated rings. The van der Waals surface area contributed by atoms with E-state index in [1.165, 1.54) is 193 Å². The largest absolute Gasteiger partial charge is 0.550 e. The number of aliphatic carboxylic acids is 1. The lowest BCUT2D eigenvalue weighted by molar-refractivity contribution is -0.890. The Morgan fingerprint density at radius 1 is 0.566 bits per heavy atom. The van der Waals surface area contributed by atoms with Crippen LogP contribution < -0.4 is 5.11 Å². The maximum atomic E-state index is 12.9. The summed E-state index contributed by atoms with van der Waals surface area (Å²) in [5, 5.41) is 10.9. The van der Waals surface area contributed by atoms with Gasteiger partial charge in [0, 0.05) is 18.9 Å². The van der Waals surface area contributed by atoms with Crippen LogP contribution in [-0.2, 0) is 14.3 Å². The normalized spacial score (nSPS) is 12.6. The third-order valence-electron chi connectivity index (χ3n) is 11.1. The van der Waals surface area contributed by atoms with Crippen LogP contribution in [0.4, 0.5) is 0 Å². The molecule has 0 saturated carbocycles. The number of carbonyl (C=O) groups is 2. The predicted octanol–water partition coefficient (Wildman–Crippen LogP) is 12.0. The molecule has 0 amide bonds. The van der Waals surface area contributed by atoms with Crippen LogP contribution in [0.25, 0.3) is 0 Å². The molecule has 1 atom stereocenters. The Balaban J connectivity index is 4.32. The van der Waals surface area contributed by atoms with Crippen LogP contribution >= 0.6 is 0 Å². The summed E-state index contributed by atoms with van der Waals surface area (Å²) >= 11 is 0. The molecule has 0 heterocycles.